The molecular weight excluding hydrogens is 588 g/mol. The Labute approximate surface area is 261 Å². The van der Waals surface area contributed by atoms with E-state index in [1.807, 2.05) is 49.1 Å². The van der Waals surface area contributed by atoms with Crippen LogP contribution in [0.3, 0.4) is 0 Å². The molecule has 10 nitrogen and oxygen atoms in total. The largest absolute Gasteiger partial charge is 0.493 e. The van der Waals surface area contributed by atoms with Gasteiger partial charge in [-0.15, -0.1) is 0 Å². The molecule has 0 spiro atoms. The number of carboxylic acid groups (broad SMARTS) is 1. The molecule has 44 heavy (non-hydrogen) atoms. The van der Waals surface area contributed by atoms with E-state index in [-0.39, 0.29) is 26.0 Å². The molecule has 5 rings (SSSR count). The average molecular weight is 625 g/mol. The number of hydrogen-bond acceptors (Lipinski definition) is 8. The van der Waals surface area contributed by atoms with Crippen molar-refractivity contribution in [2.24, 2.45) is 5.92 Å². The summed E-state index contributed by atoms with van der Waals surface area (Å²) in [5, 5.41) is 14.4. The van der Waals surface area contributed by atoms with Crippen LogP contribution in [0.25, 0.3) is 0 Å². The first-order valence-electron chi connectivity index (χ1n) is 14.5. The topological polar surface area (TPSA) is 116 Å². The van der Waals surface area contributed by atoms with Crippen molar-refractivity contribution in [3.8, 4) is 23.0 Å². The number of amides is 1. The van der Waals surface area contributed by atoms with Gasteiger partial charge < -0.3 is 34.1 Å². The van der Waals surface area contributed by atoms with Crippen LogP contribution in [0.1, 0.15) is 48.1 Å². The van der Waals surface area contributed by atoms with Gasteiger partial charge in [0, 0.05) is 36.3 Å². The quantitative estimate of drug-likeness (QED) is 0.246. The zero-order valence-corrected chi connectivity index (χ0v) is 26.0. The number of nitrogens with one attached hydrogen (secondary N) is 1. The van der Waals surface area contributed by atoms with Crippen molar-refractivity contribution < 1.29 is 38.4 Å². The zero-order valence-electron chi connectivity index (χ0n) is 25.2. The van der Waals surface area contributed by atoms with Crippen LogP contribution in [0.2, 0.25) is 5.02 Å². The molecule has 1 unspecified atom stereocenters. The summed E-state index contributed by atoms with van der Waals surface area (Å²) in [7, 11) is 3.07. The van der Waals surface area contributed by atoms with Gasteiger partial charge in [0.05, 0.1) is 19.6 Å². The number of likely N-dealkylation sites (tertiary alicyclic amines) is 1. The Bertz CT molecular complexity index is 1490. The molecule has 234 valence electrons. The SMILES string of the molecule is CCc1cc(Cl)cc(CC)c1NC(=O)CN1C[C@H](c2cc(OC)c3c(c2)OCO3)C(C(=O)O)[C@@H]1c1ccc(OCOC)cc1. The predicted octanol–water partition coefficient (Wildman–Crippen LogP) is 5.66. The Kier molecular flexibility index (Phi) is 9.83. The number of methoxy groups -OCH3 is 2. The number of aryl methyl sites for hydroxylation is 2. The molecule has 11 heteroatoms. The van der Waals surface area contributed by atoms with Crippen molar-refractivity contribution in [2.45, 2.75) is 38.6 Å². The Hall–Kier alpha value is -3.99. The molecule has 2 aliphatic rings. The van der Waals surface area contributed by atoms with Gasteiger partial charge in [-0.05, 0) is 71.5 Å². The normalized spacial score (nSPS) is 19.2. The standard InChI is InChI=1S/C33H37ClN2O8/c1-5-19-11-23(34)12-20(6-2)30(19)35-28(37)16-36-15-25(22-13-26(41-4)32-27(14-22)43-18-44-32)29(33(38)39)31(36)21-7-9-24(10-8-21)42-17-40-3/h7-14,25,29,31H,5-6,15-18H2,1-4H3,(H,35,37)(H,38,39)/t25-,29?,31+/m1/s1. The van der Waals surface area contributed by atoms with Gasteiger partial charge >= 0.3 is 5.97 Å². The number of anilines is 1. The highest BCUT2D eigenvalue weighted by molar-refractivity contribution is 6.30. The molecule has 0 aromatic heterocycles. The third-order valence-corrected chi connectivity index (χ3v) is 8.41. The molecule has 3 atom stereocenters. The van der Waals surface area contributed by atoms with Gasteiger partial charge in [0.15, 0.2) is 18.3 Å². The molecule has 0 radical (unpaired) electrons. The number of carbonyl (C=O) groups is 2. The predicted molar refractivity (Wildman–Crippen MR) is 165 cm³/mol. The second kappa shape index (κ2) is 13.8. The minimum Gasteiger partial charge on any atom is -0.493 e. The fourth-order valence-electron chi connectivity index (χ4n) is 6.19. The number of carboxylic acids is 1. The molecule has 3 aromatic rings. The van der Waals surface area contributed by atoms with Crippen LogP contribution in [0, 0.1) is 5.92 Å². The molecule has 1 amide bonds. The van der Waals surface area contributed by atoms with Crippen molar-refractivity contribution in [1.29, 1.82) is 0 Å². The highest BCUT2D eigenvalue weighted by Crippen LogP contribution is 2.50. The summed E-state index contributed by atoms with van der Waals surface area (Å²) >= 11 is 6.34. The molecular formula is C33H37ClN2O8. The average Bonchev–Trinajstić information content (AvgIpc) is 3.65. The number of halogens is 1. The summed E-state index contributed by atoms with van der Waals surface area (Å²) in [6.45, 7) is 4.45. The second-order valence-corrected chi connectivity index (χ2v) is 11.2. The molecule has 0 saturated carbocycles. The number of benzene rings is 3. The summed E-state index contributed by atoms with van der Waals surface area (Å²) in [6.07, 6.45) is 1.39. The lowest BCUT2D eigenvalue weighted by Gasteiger charge is -2.27. The Morgan fingerprint density at radius 1 is 1.02 bits per heavy atom. The van der Waals surface area contributed by atoms with Crippen molar-refractivity contribution in [1.82, 2.24) is 4.90 Å². The van der Waals surface area contributed by atoms with Crippen molar-refractivity contribution in [2.75, 3.05) is 46.2 Å². The van der Waals surface area contributed by atoms with Gasteiger partial charge in [0.1, 0.15) is 5.75 Å². The van der Waals surface area contributed by atoms with Gasteiger partial charge in [-0.2, -0.15) is 0 Å². The maximum Gasteiger partial charge on any atom is 0.309 e. The van der Waals surface area contributed by atoms with E-state index in [4.69, 9.17) is 35.3 Å². The third kappa shape index (κ3) is 6.43. The van der Waals surface area contributed by atoms with E-state index in [9.17, 15) is 14.7 Å². The summed E-state index contributed by atoms with van der Waals surface area (Å²) in [4.78, 5) is 28.6. The first-order chi connectivity index (χ1) is 21.3. The van der Waals surface area contributed by atoms with Crippen LogP contribution in [0.15, 0.2) is 48.5 Å². The lowest BCUT2D eigenvalue weighted by molar-refractivity contribution is -0.143. The lowest BCUT2D eigenvalue weighted by Crippen LogP contribution is -2.35. The minimum atomic E-state index is -0.974. The second-order valence-electron chi connectivity index (χ2n) is 10.8. The molecule has 1 saturated heterocycles. The fraction of sp³-hybridized carbons (Fsp3) is 0.394. The maximum atomic E-state index is 13.7. The van der Waals surface area contributed by atoms with Gasteiger partial charge in [0.2, 0.25) is 18.4 Å². The number of fused-ring (bicyclic) bond motifs is 1. The number of carbonyl (C=O) groups excluding carboxylic acids is 1. The zero-order chi connectivity index (χ0) is 31.4. The van der Waals surface area contributed by atoms with Gasteiger partial charge in [0.25, 0.3) is 0 Å². The first-order valence-corrected chi connectivity index (χ1v) is 14.9. The molecule has 0 aliphatic carbocycles. The minimum absolute atomic E-state index is 0.0243. The van der Waals surface area contributed by atoms with Crippen LogP contribution in [-0.4, -0.2) is 62.8 Å². The smallest absolute Gasteiger partial charge is 0.309 e. The van der Waals surface area contributed by atoms with E-state index >= 15 is 0 Å². The Morgan fingerprint density at radius 3 is 2.34 bits per heavy atom. The summed E-state index contributed by atoms with van der Waals surface area (Å²) in [5.74, 6) is -0.539. The lowest BCUT2D eigenvalue weighted by atomic mass is 9.82. The van der Waals surface area contributed by atoms with Crippen molar-refractivity contribution in [3.05, 3.63) is 75.8 Å². The van der Waals surface area contributed by atoms with Crippen LogP contribution in [0.5, 0.6) is 23.0 Å². The highest BCUT2D eigenvalue weighted by Gasteiger charge is 2.48. The number of hydrogen-bond donors (Lipinski definition) is 2. The molecule has 2 aliphatic heterocycles. The van der Waals surface area contributed by atoms with Gasteiger partial charge in [-0.25, -0.2) is 0 Å². The number of ether oxygens (including phenoxy) is 5. The number of nitrogens with zero attached hydrogens (tertiary/aromatic N) is 1. The fourth-order valence-corrected chi connectivity index (χ4v) is 6.45. The summed E-state index contributed by atoms with van der Waals surface area (Å²) in [5.41, 5.74) is 4.12. The highest BCUT2D eigenvalue weighted by atomic mass is 35.5. The molecule has 2 heterocycles. The van der Waals surface area contributed by atoms with Crippen LogP contribution in [0.4, 0.5) is 5.69 Å². The molecule has 1 fully saturated rings. The third-order valence-electron chi connectivity index (χ3n) is 8.20. The Morgan fingerprint density at radius 2 is 1.73 bits per heavy atom. The van der Waals surface area contributed by atoms with E-state index in [0.717, 1.165) is 27.9 Å². The number of aliphatic carboxylic acids is 1. The van der Waals surface area contributed by atoms with Crippen molar-refractivity contribution >= 4 is 29.2 Å². The molecule has 2 N–H and O–H groups in total. The van der Waals surface area contributed by atoms with E-state index < -0.39 is 23.8 Å². The number of rotatable bonds is 12. The summed E-state index contributed by atoms with van der Waals surface area (Å²) < 4.78 is 27.3. The van der Waals surface area contributed by atoms with E-state index in [0.29, 0.717) is 47.4 Å². The van der Waals surface area contributed by atoms with E-state index in [1.54, 1.807) is 18.2 Å². The van der Waals surface area contributed by atoms with Gasteiger partial charge in [-0.3, -0.25) is 14.5 Å². The maximum absolute atomic E-state index is 13.7. The van der Waals surface area contributed by atoms with E-state index in [1.165, 1.54) is 14.2 Å². The monoisotopic (exact) mass is 624 g/mol. The summed E-state index contributed by atoms with van der Waals surface area (Å²) in [6, 6.07) is 13.9. The van der Waals surface area contributed by atoms with Crippen LogP contribution < -0.4 is 24.3 Å². The van der Waals surface area contributed by atoms with Crippen LogP contribution >= 0.6 is 11.6 Å². The van der Waals surface area contributed by atoms with E-state index in [2.05, 4.69) is 5.32 Å². The van der Waals surface area contributed by atoms with Crippen molar-refractivity contribution in [3.63, 3.8) is 0 Å². The molecule has 0 bridgehead atoms. The Balaban J connectivity index is 1.51. The van der Waals surface area contributed by atoms with Crippen LogP contribution in [-0.2, 0) is 27.2 Å². The molecule has 3 aromatic carbocycles. The first kappa shape index (κ1) is 31.4. The van der Waals surface area contributed by atoms with Gasteiger partial charge in [-0.1, -0.05) is 37.6 Å².